The molecule has 4 aliphatic heterocycles. The van der Waals surface area contributed by atoms with Crippen molar-refractivity contribution in [1.29, 1.82) is 0 Å². The molecule has 0 radical (unpaired) electrons. The van der Waals surface area contributed by atoms with Crippen molar-refractivity contribution in [1.82, 2.24) is 0 Å². The van der Waals surface area contributed by atoms with Crippen LogP contribution < -0.4 is 0 Å². The molecular formula is C59H96O29. The standard InChI is InChI=1S/C59H96O29/c1-24-36(68)47(87-52-48(43(75)39(71)30(19-62)84-52)88-50-45(77)41(73)38(70)29(18-61)83-50)46(78)51(82-24)86-35-10-11-55(3)32(56(35,4)22-63)9-12-57(5)33(55)8-7-25-26-15-54(2,13-14-59(26,23-64)34(67)16-58(25,57)6)53(79)81-21-31-40(72)42(74)44(76)49(85-31)80-20-28(66)37(69)27(65)17-60/h7-8,24,27-52,60-78H,9-23H2,1-6H3/t24-,27?,28?,29-,30-,31-,32?,33?,34-,35+,36+,37?,38-,39-,40-,41+,42+,43+,44-,45-,46-,47+,48-,49+,50+,51+,52+,54+,55+,56+,57-,58-,59-/m1/s1. The highest BCUT2D eigenvalue weighted by Crippen LogP contribution is 2.74. The Kier molecular flexibility index (Phi) is 21.2. The Morgan fingerprint density at radius 2 is 1.20 bits per heavy atom. The van der Waals surface area contributed by atoms with Gasteiger partial charge in [-0.05, 0) is 93.5 Å². The van der Waals surface area contributed by atoms with Gasteiger partial charge in [-0.15, -0.1) is 0 Å². The smallest absolute Gasteiger partial charge is 0.312 e. The van der Waals surface area contributed by atoms with E-state index in [0.717, 1.165) is 5.57 Å². The van der Waals surface area contributed by atoms with E-state index in [1.807, 2.05) is 6.92 Å². The van der Waals surface area contributed by atoms with Crippen LogP contribution >= 0.6 is 0 Å². The molecule has 506 valence electrons. The molecule has 4 saturated heterocycles. The van der Waals surface area contributed by atoms with Crippen LogP contribution in [0.15, 0.2) is 23.3 Å². The lowest BCUT2D eigenvalue weighted by Crippen LogP contribution is -2.67. The minimum atomic E-state index is -1.96. The van der Waals surface area contributed by atoms with Crippen LogP contribution in [-0.2, 0) is 47.4 Å². The predicted octanol–water partition coefficient (Wildman–Crippen LogP) is -6.07. The van der Waals surface area contributed by atoms with E-state index < -0.39 is 231 Å². The number of aliphatic hydroxyl groups excluding tert-OH is 19. The highest BCUT2D eigenvalue weighted by Gasteiger charge is 2.70. The molecule has 4 heterocycles. The molecule has 9 aliphatic rings. The average molecular weight is 1270 g/mol. The number of carbonyl (C=O) groups is 1. The van der Waals surface area contributed by atoms with Crippen LogP contribution in [0.1, 0.15) is 92.9 Å². The maximum absolute atomic E-state index is 14.4. The van der Waals surface area contributed by atoms with Gasteiger partial charge in [0.15, 0.2) is 25.2 Å². The lowest BCUT2D eigenvalue weighted by Gasteiger charge is -2.70. The van der Waals surface area contributed by atoms with Gasteiger partial charge in [-0.25, -0.2) is 0 Å². The summed E-state index contributed by atoms with van der Waals surface area (Å²) in [5, 5.41) is 204. The maximum atomic E-state index is 14.4. The van der Waals surface area contributed by atoms with E-state index in [0.29, 0.717) is 31.3 Å². The lowest BCUT2D eigenvalue weighted by molar-refractivity contribution is -0.391. The van der Waals surface area contributed by atoms with Gasteiger partial charge in [-0.2, -0.15) is 0 Å². The highest BCUT2D eigenvalue weighted by molar-refractivity contribution is 5.77. The summed E-state index contributed by atoms with van der Waals surface area (Å²) in [6.07, 6.45) is -34.3. The molecule has 0 spiro atoms. The molecule has 0 aromatic carbocycles. The molecule has 3 saturated carbocycles. The van der Waals surface area contributed by atoms with Crippen LogP contribution in [0.25, 0.3) is 0 Å². The van der Waals surface area contributed by atoms with Gasteiger partial charge in [0.1, 0.15) is 116 Å². The summed E-state index contributed by atoms with van der Waals surface area (Å²) >= 11 is 0. The number of ether oxygens (including phenoxy) is 9. The zero-order valence-electron chi connectivity index (χ0n) is 50.4. The number of aliphatic hydroxyl groups is 19. The van der Waals surface area contributed by atoms with E-state index in [1.165, 1.54) is 6.92 Å². The van der Waals surface area contributed by atoms with Crippen LogP contribution in [0.4, 0.5) is 0 Å². The first-order valence-electron chi connectivity index (χ1n) is 30.7. The zero-order chi connectivity index (χ0) is 64.7. The third-order valence-electron chi connectivity index (χ3n) is 22.7. The minimum absolute atomic E-state index is 0.0666. The number of rotatable bonds is 19. The average Bonchev–Trinajstić information content (AvgIpc) is 0.677. The van der Waals surface area contributed by atoms with Crippen molar-refractivity contribution < 1.29 is 144 Å². The fourth-order valence-corrected chi connectivity index (χ4v) is 16.7. The molecule has 19 N–H and O–H groups in total. The van der Waals surface area contributed by atoms with E-state index in [1.54, 1.807) is 6.92 Å². The van der Waals surface area contributed by atoms with Crippen LogP contribution in [0.5, 0.6) is 0 Å². The number of allylic oxidation sites excluding steroid dienone is 3. The van der Waals surface area contributed by atoms with Crippen LogP contribution in [0.3, 0.4) is 0 Å². The van der Waals surface area contributed by atoms with Gasteiger partial charge in [0.2, 0.25) is 0 Å². The number of hydrogen-bond donors (Lipinski definition) is 19. The second-order valence-corrected chi connectivity index (χ2v) is 27.7. The topological polar surface area (TPSA) is 485 Å². The number of fused-ring (bicyclic) bond motifs is 6. The van der Waals surface area contributed by atoms with Crippen molar-refractivity contribution in [2.24, 2.45) is 44.3 Å². The zero-order valence-corrected chi connectivity index (χ0v) is 50.4. The Balaban J connectivity index is 0.919. The summed E-state index contributed by atoms with van der Waals surface area (Å²) in [7, 11) is 0. The Labute approximate surface area is 509 Å². The Morgan fingerprint density at radius 1 is 0.614 bits per heavy atom. The number of carbonyl (C=O) groups excluding carboxylic acids is 1. The van der Waals surface area contributed by atoms with Crippen LogP contribution in [-0.4, -0.2) is 303 Å². The second kappa shape index (κ2) is 26.6. The van der Waals surface area contributed by atoms with Gasteiger partial charge in [0.25, 0.3) is 0 Å². The molecule has 29 heteroatoms. The molecule has 88 heavy (non-hydrogen) atoms. The minimum Gasteiger partial charge on any atom is -0.462 e. The molecule has 0 aromatic heterocycles. The molecule has 7 fully saturated rings. The van der Waals surface area contributed by atoms with E-state index in [9.17, 15) is 96.7 Å². The van der Waals surface area contributed by atoms with Crippen LogP contribution in [0, 0.1) is 44.3 Å². The monoisotopic (exact) mass is 1270 g/mol. The molecule has 0 aromatic rings. The molecular weight excluding hydrogens is 1170 g/mol. The number of esters is 1. The third-order valence-corrected chi connectivity index (χ3v) is 22.7. The van der Waals surface area contributed by atoms with E-state index in [2.05, 4.69) is 32.9 Å². The van der Waals surface area contributed by atoms with Crippen molar-refractivity contribution >= 4 is 5.97 Å². The first-order chi connectivity index (χ1) is 41.3. The normalized spacial score (nSPS) is 51.5. The molecule has 0 bridgehead atoms. The Morgan fingerprint density at radius 3 is 1.83 bits per heavy atom. The molecule has 33 atom stereocenters. The second-order valence-electron chi connectivity index (χ2n) is 27.7. The van der Waals surface area contributed by atoms with Gasteiger partial charge in [0, 0.05) is 16.2 Å². The third kappa shape index (κ3) is 11.8. The van der Waals surface area contributed by atoms with Crippen molar-refractivity contribution in [3.05, 3.63) is 23.3 Å². The van der Waals surface area contributed by atoms with Gasteiger partial charge in [-0.1, -0.05) is 45.4 Å². The summed E-state index contributed by atoms with van der Waals surface area (Å²) in [4.78, 5) is 14.4. The predicted molar refractivity (Wildman–Crippen MR) is 294 cm³/mol. The molecule has 0 amide bonds. The molecule has 29 nitrogen and oxygen atoms in total. The van der Waals surface area contributed by atoms with E-state index in [4.69, 9.17) is 47.7 Å². The van der Waals surface area contributed by atoms with Gasteiger partial charge in [0.05, 0.1) is 63.4 Å². The van der Waals surface area contributed by atoms with Crippen molar-refractivity contribution in [2.75, 3.05) is 46.2 Å². The summed E-state index contributed by atoms with van der Waals surface area (Å²) < 4.78 is 53.1. The summed E-state index contributed by atoms with van der Waals surface area (Å²) in [5.74, 6) is -1.12. The Bertz CT molecular complexity index is 2460. The number of hydrogen-bond acceptors (Lipinski definition) is 29. The van der Waals surface area contributed by atoms with Crippen molar-refractivity contribution in [2.45, 2.75) is 246 Å². The van der Waals surface area contributed by atoms with E-state index >= 15 is 0 Å². The highest BCUT2D eigenvalue weighted by atomic mass is 16.8. The van der Waals surface area contributed by atoms with Gasteiger partial charge in [-0.3, -0.25) is 4.79 Å². The fraction of sp³-hybridized carbons (Fsp3) is 0.915. The van der Waals surface area contributed by atoms with Crippen molar-refractivity contribution in [3.8, 4) is 0 Å². The van der Waals surface area contributed by atoms with Crippen molar-refractivity contribution in [3.63, 3.8) is 0 Å². The lowest BCUT2D eigenvalue weighted by atomic mass is 9.35. The summed E-state index contributed by atoms with van der Waals surface area (Å²) in [6, 6.07) is 0. The van der Waals surface area contributed by atoms with Crippen LogP contribution in [0.2, 0.25) is 0 Å². The first kappa shape index (κ1) is 70.2. The molecule has 5 unspecified atom stereocenters. The quantitative estimate of drug-likeness (QED) is 0.0423. The van der Waals surface area contributed by atoms with Gasteiger partial charge < -0.3 is 140 Å². The Hall–Kier alpha value is -2.13. The molecule has 9 rings (SSSR count). The van der Waals surface area contributed by atoms with E-state index in [-0.39, 0.29) is 44.1 Å². The first-order valence-corrected chi connectivity index (χ1v) is 30.7. The van der Waals surface area contributed by atoms with Gasteiger partial charge >= 0.3 is 5.97 Å². The fourth-order valence-electron chi connectivity index (χ4n) is 16.7. The molecule has 5 aliphatic carbocycles. The largest absolute Gasteiger partial charge is 0.462 e. The summed E-state index contributed by atoms with van der Waals surface area (Å²) in [5.41, 5.74) is -3.62. The maximum Gasteiger partial charge on any atom is 0.312 e. The SMILES string of the molecule is C[C@H]1O[C@@H](O[C@H]2CC[C@@]3(C)C(CC[C@]4(C)C3C=CC3=C5C[C@@](C)(C(=O)OC[C@H]6O[C@H](OCC(O)C(O)C(O)CO)[C@H](O)[C@@H](O)[C@@H]6O)CC[C@]5(CO)[C@H](O)C[C@]34C)[C@]2(C)CO)[C@H](O)[C@@H](O[C@@H]2O[C@H](CO)[C@@H](O)[C@H](O)[C@H]2O[C@@H]2O[C@H](CO)[C@@H](O)[C@H](O)[C@H]2O)[C@H]1O. The summed E-state index contributed by atoms with van der Waals surface area (Å²) in [6.45, 7) is 6.96.